The van der Waals surface area contributed by atoms with Crippen molar-refractivity contribution < 1.29 is 48.3 Å². The molecule has 5 N–H and O–H groups in total. The fraction of sp³-hybridized carbons (Fsp3) is 0.400. The summed E-state index contributed by atoms with van der Waals surface area (Å²) >= 11 is 3.40. The van der Waals surface area contributed by atoms with E-state index in [4.69, 9.17) is 31.1 Å². The summed E-state index contributed by atoms with van der Waals surface area (Å²) in [5.74, 6) is 2.41. The Morgan fingerprint density at radius 1 is 0.825 bits per heavy atom. The van der Waals surface area contributed by atoms with E-state index in [0.29, 0.717) is 49.6 Å². The Bertz CT molecular complexity index is 1300. The quantitative estimate of drug-likeness (QED) is 0.0551. The number of carboxylic acid groups (broad SMARTS) is 1. The second-order valence-corrected chi connectivity index (χ2v) is 10.5. The summed E-state index contributed by atoms with van der Waals surface area (Å²) in [5.41, 5.74) is 20.5. The van der Waals surface area contributed by atoms with Gasteiger partial charge in [-0.3, -0.25) is 4.79 Å². The van der Waals surface area contributed by atoms with Crippen LogP contribution in [-0.2, 0) is 60.0 Å². The zero-order valence-electron chi connectivity index (χ0n) is 23.2. The first-order valence-corrected chi connectivity index (χ1v) is 13.9. The van der Waals surface area contributed by atoms with Crippen LogP contribution in [0, 0.1) is 27.7 Å². The molecule has 0 atom stereocenters. The number of thiazole rings is 2. The fourth-order valence-electron chi connectivity index (χ4n) is 3.72. The maximum Gasteiger partial charge on any atom is 0.290 e. The van der Waals surface area contributed by atoms with Gasteiger partial charge in [-0.2, -0.15) is 9.13 Å². The molecule has 0 amide bonds. The molecule has 0 fully saturated rings. The van der Waals surface area contributed by atoms with Crippen LogP contribution in [0.2, 0.25) is 0 Å². The van der Waals surface area contributed by atoms with Crippen LogP contribution in [0.3, 0.4) is 0 Å². The summed E-state index contributed by atoms with van der Waals surface area (Å²) < 4.78 is 4.33. The van der Waals surface area contributed by atoms with Crippen molar-refractivity contribution in [2.24, 2.45) is 0 Å². The maximum atomic E-state index is 8.36. The Labute approximate surface area is 253 Å². The van der Waals surface area contributed by atoms with Gasteiger partial charge in [0.05, 0.1) is 34.1 Å². The van der Waals surface area contributed by atoms with E-state index < -0.39 is 0 Å². The predicted octanol–water partition coefficient (Wildman–Crippen LogP) is 1.89. The Morgan fingerprint density at radius 3 is 1.55 bits per heavy atom. The van der Waals surface area contributed by atoms with E-state index in [1.807, 2.05) is 13.8 Å². The van der Waals surface area contributed by atoms with Gasteiger partial charge >= 0.3 is 0 Å². The van der Waals surface area contributed by atoms with Gasteiger partial charge in [0.1, 0.15) is 23.3 Å². The monoisotopic (exact) mass is 638 g/mol. The maximum absolute atomic E-state index is 8.36. The van der Waals surface area contributed by atoms with Crippen LogP contribution in [-0.4, -0.2) is 44.7 Å². The van der Waals surface area contributed by atoms with Gasteiger partial charge in [0.15, 0.2) is 24.5 Å². The van der Waals surface area contributed by atoms with Crippen LogP contribution in [0.25, 0.3) is 0 Å². The van der Waals surface area contributed by atoms with Crippen molar-refractivity contribution in [2.75, 3.05) is 24.7 Å². The molecule has 0 bridgehead atoms. The summed E-state index contributed by atoms with van der Waals surface area (Å²) in [7, 11) is 0. The number of nitrogen functional groups attached to an aromatic ring is 2. The number of aromatic nitrogens is 6. The normalized spacial score (nSPS) is 10.5. The standard InChI is InChI=1S/C24H32N8O2S2.CH2O2.Zn/c1-15-21(35-13-31(15)11-19-9-27-17(3)29-23(19)25)5-7-33-34-8-6-22-16(2)32(14-36-22)12-20-10-28-18(4)30-24(20)26;2-1-3;/h9-10,13-14H,5-8,11-12H2,1-4H3,(H2,25,27,29)(H2,26,28,30);1H,(H,2,3);/q+2;;. The van der Waals surface area contributed by atoms with Crippen LogP contribution in [0.5, 0.6) is 0 Å². The largest absolute Gasteiger partial charge is 0.483 e. The van der Waals surface area contributed by atoms with Gasteiger partial charge in [0, 0.05) is 58.6 Å². The predicted molar refractivity (Wildman–Crippen MR) is 147 cm³/mol. The molecule has 0 saturated heterocycles. The molecule has 0 saturated carbocycles. The Hall–Kier alpha value is -2.97. The Morgan fingerprint density at radius 2 is 1.20 bits per heavy atom. The first-order valence-electron chi connectivity index (χ1n) is 12.1. The molecule has 0 spiro atoms. The van der Waals surface area contributed by atoms with Crippen LogP contribution < -0.4 is 20.6 Å². The van der Waals surface area contributed by atoms with E-state index in [9.17, 15) is 0 Å². The zero-order chi connectivity index (χ0) is 28.4. The second-order valence-electron chi connectivity index (χ2n) is 8.62. The first kappa shape index (κ1) is 33.2. The molecule has 15 heteroatoms. The third kappa shape index (κ3) is 9.31. The van der Waals surface area contributed by atoms with Gasteiger partial charge in [-0.15, -0.1) is 0 Å². The van der Waals surface area contributed by atoms with Gasteiger partial charge in [-0.1, -0.05) is 22.7 Å². The molecule has 4 heterocycles. The number of carbonyl (C=O) groups is 1. The van der Waals surface area contributed by atoms with Crippen LogP contribution in [0.1, 0.15) is 43.9 Å². The van der Waals surface area contributed by atoms with Gasteiger partial charge in [0.25, 0.3) is 6.47 Å². The molecular weight excluding hydrogens is 606 g/mol. The molecule has 0 aliphatic rings. The first-order chi connectivity index (χ1) is 18.7. The van der Waals surface area contributed by atoms with Crippen molar-refractivity contribution >= 4 is 40.8 Å². The molecule has 0 aliphatic carbocycles. The molecule has 0 unspecified atom stereocenters. The van der Waals surface area contributed by atoms with Crippen molar-refractivity contribution in [1.29, 1.82) is 0 Å². The molecule has 4 rings (SSSR count). The van der Waals surface area contributed by atoms with Gasteiger partial charge in [-0.05, 0) is 13.8 Å². The Balaban J connectivity index is 0.00000134. The molecule has 0 aliphatic heterocycles. The SMILES string of the molecule is Cc1ncc(C[n+]2csc(CCOOCCc3sc[n+](Cc4cnc(C)nc4N)c3C)c2C)c(N)n1.O=CO.[Zn]. The van der Waals surface area contributed by atoms with Crippen molar-refractivity contribution in [3.05, 3.63) is 67.3 Å². The van der Waals surface area contributed by atoms with E-state index >= 15 is 0 Å². The van der Waals surface area contributed by atoms with E-state index in [-0.39, 0.29) is 26.0 Å². The van der Waals surface area contributed by atoms with E-state index in [0.717, 1.165) is 24.0 Å². The summed E-state index contributed by atoms with van der Waals surface area (Å²) in [6, 6.07) is 0. The minimum Gasteiger partial charge on any atom is -0.483 e. The third-order valence-corrected chi connectivity index (χ3v) is 8.23. The van der Waals surface area contributed by atoms with Crippen molar-refractivity contribution in [1.82, 2.24) is 19.9 Å². The number of nitrogens with two attached hydrogens (primary N) is 2. The topological polar surface area (TPSA) is 167 Å². The number of aryl methyl sites for hydroxylation is 2. The molecular formula is C25H34N8O4S2Zn+2. The zero-order valence-corrected chi connectivity index (χ0v) is 27.8. The third-order valence-electron chi connectivity index (χ3n) is 5.94. The summed E-state index contributed by atoms with van der Waals surface area (Å²) in [6.45, 7) is 9.90. The van der Waals surface area contributed by atoms with E-state index in [1.54, 1.807) is 35.1 Å². The molecule has 0 aromatic carbocycles. The number of nitrogens with zero attached hydrogens (tertiary/aromatic N) is 6. The second kappa shape index (κ2) is 16.3. The fourth-order valence-corrected chi connectivity index (χ4v) is 5.67. The Kier molecular flexibility index (Phi) is 13.6. The van der Waals surface area contributed by atoms with E-state index in [2.05, 4.69) is 53.9 Å². The average Bonchev–Trinajstić information content (AvgIpc) is 3.41. The van der Waals surface area contributed by atoms with Gasteiger partial charge in [0.2, 0.25) is 11.0 Å². The molecule has 40 heavy (non-hydrogen) atoms. The van der Waals surface area contributed by atoms with E-state index in [1.165, 1.54) is 21.1 Å². The molecule has 4 aromatic heterocycles. The molecule has 4 aromatic rings. The number of hydrogen-bond donors (Lipinski definition) is 3. The number of hydrogen-bond acceptors (Lipinski definition) is 11. The minimum atomic E-state index is -0.250. The van der Waals surface area contributed by atoms with Crippen molar-refractivity contribution in [2.45, 2.75) is 53.6 Å². The summed E-state index contributed by atoms with van der Waals surface area (Å²) in [6.07, 6.45) is 5.14. The van der Waals surface area contributed by atoms with Crippen LogP contribution >= 0.6 is 22.7 Å². The summed E-state index contributed by atoms with van der Waals surface area (Å²) in [5, 5.41) is 6.89. The smallest absolute Gasteiger partial charge is 0.290 e. The van der Waals surface area contributed by atoms with Crippen LogP contribution in [0.15, 0.2) is 23.4 Å². The number of rotatable bonds is 11. The van der Waals surface area contributed by atoms with Gasteiger partial charge < -0.3 is 16.6 Å². The van der Waals surface area contributed by atoms with Crippen LogP contribution in [0.4, 0.5) is 11.6 Å². The van der Waals surface area contributed by atoms with Crippen molar-refractivity contribution in [3.8, 4) is 0 Å². The minimum absolute atomic E-state index is 0. The molecule has 12 nitrogen and oxygen atoms in total. The molecule has 210 valence electrons. The van der Waals surface area contributed by atoms with Gasteiger partial charge in [-0.25, -0.2) is 29.7 Å². The number of anilines is 2. The summed E-state index contributed by atoms with van der Waals surface area (Å²) in [4.78, 5) is 38.8. The van der Waals surface area contributed by atoms with Crippen molar-refractivity contribution in [3.63, 3.8) is 0 Å². The average molecular weight is 640 g/mol. The molecule has 0 radical (unpaired) electrons.